The second kappa shape index (κ2) is 7.69. The van der Waals surface area contributed by atoms with E-state index in [1.807, 2.05) is 0 Å². The number of benzene rings is 1. The maximum absolute atomic E-state index is 13.4. The highest BCUT2D eigenvalue weighted by atomic mass is 32.2. The van der Waals surface area contributed by atoms with Crippen LogP contribution in [0.25, 0.3) is 0 Å². The minimum Gasteiger partial charge on any atom is -0.488 e. The Hall–Kier alpha value is -2.57. The van der Waals surface area contributed by atoms with Gasteiger partial charge in [-0.25, -0.2) is 26.3 Å². The van der Waals surface area contributed by atoms with Crippen LogP contribution in [0.5, 0.6) is 5.75 Å². The van der Waals surface area contributed by atoms with Crippen molar-refractivity contribution in [2.45, 2.75) is 30.4 Å². The van der Waals surface area contributed by atoms with Crippen molar-refractivity contribution in [2.24, 2.45) is 7.05 Å². The van der Waals surface area contributed by atoms with Gasteiger partial charge in [0, 0.05) is 18.9 Å². The SMILES string of the molecule is C[C@H](O)C1COc2c(cn(C)c2C(=O)Nc2ccc(F)c(C(F)F)c2)S(=O)(=O)N1. The first-order valence-electron chi connectivity index (χ1n) is 8.42. The number of carbonyl (C=O) groups excluding carboxylic acids is 1. The molecule has 29 heavy (non-hydrogen) atoms. The third-order valence-electron chi connectivity index (χ3n) is 4.39. The van der Waals surface area contributed by atoms with Crippen LogP contribution in [0.3, 0.4) is 0 Å². The Kier molecular flexibility index (Phi) is 5.61. The van der Waals surface area contributed by atoms with Gasteiger partial charge in [0.15, 0.2) is 11.4 Å². The Morgan fingerprint density at radius 3 is 2.72 bits per heavy atom. The van der Waals surface area contributed by atoms with Crippen molar-refractivity contribution >= 4 is 21.6 Å². The Bertz CT molecular complexity index is 1050. The van der Waals surface area contributed by atoms with Gasteiger partial charge in [0.05, 0.1) is 17.7 Å². The average Bonchev–Trinajstić information content (AvgIpc) is 2.90. The van der Waals surface area contributed by atoms with Crippen LogP contribution in [0, 0.1) is 5.82 Å². The van der Waals surface area contributed by atoms with Crippen LogP contribution < -0.4 is 14.8 Å². The van der Waals surface area contributed by atoms with Gasteiger partial charge in [-0.3, -0.25) is 4.79 Å². The number of alkyl halides is 2. The van der Waals surface area contributed by atoms with E-state index in [-0.39, 0.29) is 28.6 Å². The van der Waals surface area contributed by atoms with E-state index in [0.717, 1.165) is 24.4 Å². The number of anilines is 1. The first-order valence-corrected chi connectivity index (χ1v) is 9.91. The molecule has 0 bridgehead atoms. The summed E-state index contributed by atoms with van der Waals surface area (Å²) < 4.78 is 73.2. The lowest BCUT2D eigenvalue weighted by Gasteiger charge is -2.18. The van der Waals surface area contributed by atoms with Crippen LogP contribution in [-0.2, 0) is 17.1 Å². The molecule has 0 fully saturated rings. The van der Waals surface area contributed by atoms with Crippen molar-refractivity contribution in [3.05, 3.63) is 41.5 Å². The molecule has 3 rings (SSSR count). The zero-order valence-electron chi connectivity index (χ0n) is 15.3. The summed E-state index contributed by atoms with van der Waals surface area (Å²) in [4.78, 5) is 12.4. The summed E-state index contributed by atoms with van der Waals surface area (Å²) in [6.45, 7) is 1.15. The highest BCUT2D eigenvalue weighted by molar-refractivity contribution is 7.89. The van der Waals surface area contributed by atoms with E-state index in [1.54, 1.807) is 0 Å². The normalized spacial score (nSPS) is 19.2. The molecule has 0 spiro atoms. The Labute approximate surface area is 164 Å². The number of aliphatic hydroxyl groups is 1. The molecule has 1 aliphatic heterocycles. The molecule has 12 heteroatoms. The molecule has 1 unspecified atom stereocenters. The van der Waals surface area contributed by atoms with Crippen molar-refractivity contribution < 1.29 is 36.2 Å². The van der Waals surface area contributed by atoms with Gasteiger partial charge in [0.1, 0.15) is 17.3 Å². The summed E-state index contributed by atoms with van der Waals surface area (Å²) in [5, 5.41) is 12.0. The number of nitrogens with one attached hydrogen (secondary N) is 2. The fourth-order valence-corrected chi connectivity index (χ4v) is 4.34. The van der Waals surface area contributed by atoms with Crippen molar-refractivity contribution in [3.63, 3.8) is 0 Å². The van der Waals surface area contributed by atoms with Crippen LogP contribution in [0.1, 0.15) is 29.4 Å². The van der Waals surface area contributed by atoms with Crippen LogP contribution >= 0.6 is 0 Å². The average molecular weight is 433 g/mol. The zero-order chi connectivity index (χ0) is 21.5. The van der Waals surface area contributed by atoms with Gasteiger partial charge < -0.3 is 19.7 Å². The molecule has 158 valence electrons. The molecule has 0 radical (unpaired) electrons. The number of halogens is 3. The standard InChI is InChI=1S/C17H18F3N3O5S/c1-8(24)12-7-28-15-13(29(26,27)22-12)6-23(2)14(15)17(25)21-9-3-4-11(18)10(5-9)16(19)20/h3-6,8,12,16,22,24H,7H2,1-2H3,(H,21,25)/t8-,12?/m0/s1. The molecule has 0 saturated carbocycles. The predicted octanol–water partition coefficient (Wildman–Crippen LogP) is 1.77. The zero-order valence-corrected chi connectivity index (χ0v) is 16.1. The summed E-state index contributed by atoms with van der Waals surface area (Å²) in [6.07, 6.45) is -2.96. The maximum Gasteiger partial charge on any atom is 0.276 e. The molecule has 1 aromatic heterocycles. The monoisotopic (exact) mass is 433 g/mol. The molecule has 3 N–H and O–H groups in total. The van der Waals surface area contributed by atoms with Crippen LogP contribution in [-0.4, -0.2) is 42.8 Å². The van der Waals surface area contributed by atoms with E-state index in [2.05, 4.69) is 10.0 Å². The lowest BCUT2D eigenvalue weighted by molar-refractivity contribution is 0.100. The fourth-order valence-electron chi connectivity index (χ4n) is 2.86. The van der Waals surface area contributed by atoms with E-state index in [1.165, 1.54) is 18.5 Å². The number of aryl methyl sites for hydroxylation is 1. The number of aromatic nitrogens is 1. The van der Waals surface area contributed by atoms with Gasteiger partial charge in [-0.2, -0.15) is 0 Å². The van der Waals surface area contributed by atoms with Gasteiger partial charge in [-0.1, -0.05) is 0 Å². The quantitative estimate of drug-likeness (QED) is 0.681. The molecule has 2 atom stereocenters. The van der Waals surface area contributed by atoms with Crippen molar-refractivity contribution in [1.29, 1.82) is 0 Å². The number of carbonyl (C=O) groups is 1. The number of amides is 1. The molecule has 1 amide bonds. The summed E-state index contributed by atoms with van der Waals surface area (Å²) in [7, 11) is -2.68. The first kappa shape index (κ1) is 21.1. The molecule has 2 aromatic rings. The minimum atomic E-state index is -4.09. The number of hydrogen-bond acceptors (Lipinski definition) is 5. The summed E-state index contributed by atoms with van der Waals surface area (Å²) in [6, 6.07) is 1.76. The van der Waals surface area contributed by atoms with Crippen molar-refractivity contribution in [2.75, 3.05) is 11.9 Å². The fraction of sp³-hybridized carbons (Fsp3) is 0.353. The molecule has 8 nitrogen and oxygen atoms in total. The Morgan fingerprint density at radius 2 is 2.10 bits per heavy atom. The number of sulfonamides is 1. The third kappa shape index (κ3) is 4.09. The molecular formula is C17H18F3N3O5S. The van der Waals surface area contributed by atoms with Crippen molar-refractivity contribution in [3.8, 4) is 5.75 Å². The number of hydrogen-bond donors (Lipinski definition) is 3. The van der Waals surface area contributed by atoms with Gasteiger partial charge in [-0.05, 0) is 25.1 Å². The molecule has 0 aliphatic carbocycles. The van der Waals surface area contributed by atoms with E-state index in [4.69, 9.17) is 4.74 Å². The summed E-state index contributed by atoms with van der Waals surface area (Å²) >= 11 is 0. The van der Waals surface area contributed by atoms with Gasteiger partial charge in [0.2, 0.25) is 10.0 Å². The lowest BCUT2D eigenvalue weighted by atomic mass is 10.2. The molecule has 0 saturated heterocycles. The van der Waals surface area contributed by atoms with Gasteiger partial charge >= 0.3 is 0 Å². The largest absolute Gasteiger partial charge is 0.488 e. The highest BCUT2D eigenvalue weighted by Gasteiger charge is 2.36. The Morgan fingerprint density at radius 1 is 1.41 bits per heavy atom. The smallest absolute Gasteiger partial charge is 0.276 e. The van der Waals surface area contributed by atoms with E-state index >= 15 is 0 Å². The number of ether oxygens (including phenoxy) is 1. The molecule has 1 aromatic carbocycles. The number of rotatable bonds is 4. The van der Waals surface area contributed by atoms with Crippen LogP contribution in [0.15, 0.2) is 29.3 Å². The number of aliphatic hydroxyl groups excluding tert-OH is 1. The molecule has 2 heterocycles. The second-order valence-electron chi connectivity index (χ2n) is 6.55. The van der Waals surface area contributed by atoms with Crippen LogP contribution in [0.4, 0.5) is 18.9 Å². The van der Waals surface area contributed by atoms with E-state index in [0.29, 0.717) is 0 Å². The summed E-state index contributed by atoms with van der Waals surface area (Å²) in [5.74, 6) is -2.20. The lowest BCUT2D eigenvalue weighted by Crippen LogP contribution is -2.44. The van der Waals surface area contributed by atoms with Gasteiger partial charge in [-0.15, -0.1) is 0 Å². The Balaban J connectivity index is 1.96. The van der Waals surface area contributed by atoms with Gasteiger partial charge in [0.25, 0.3) is 12.3 Å². The number of nitrogens with zero attached hydrogens (tertiary/aromatic N) is 1. The molecule has 1 aliphatic rings. The third-order valence-corrected chi connectivity index (χ3v) is 5.87. The highest BCUT2D eigenvalue weighted by Crippen LogP contribution is 2.33. The van der Waals surface area contributed by atoms with E-state index < -0.39 is 45.9 Å². The summed E-state index contributed by atoms with van der Waals surface area (Å²) in [5.41, 5.74) is -1.16. The van der Waals surface area contributed by atoms with Crippen LogP contribution in [0.2, 0.25) is 0 Å². The number of fused-ring (bicyclic) bond motifs is 1. The van der Waals surface area contributed by atoms with E-state index in [9.17, 15) is 31.5 Å². The maximum atomic E-state index is 13.4. The molecular weight excluding hydrogens is 415 g/mol. The topological polar surface area (TPSA) is 110 Å². The predicted molar refractivity (Wildman–Crippen MR) is 96.0 cm³/mol. The van der Waals surface area contributed by atoms with Crippen molar-refractivity contribution in [1.82, 2.24) is 9.29 Å². The second-order valence-corrected chi connectivity index (χ2v) is 8.23. The first-order chi connectivity index (χ1) is 13.5. The minimum absolute atomic E-state index is 0.0990.